The zero-order valence-corrected chi connectivity index (χ0v) is 10.2. The largest absolute Gasteiger partial charge is 0.390 e. The van der Waals surface area contributed by atoms with Gasteiger partial charge in [-0.2, -0.15) is 0 Å². The average Bonchev–Trinajstić information content (AvgIpc) is 2.27. The van der Waals surface area contributed by atoms with Gasteiger partial charge in [0.1, 0.15) is 5.82 Å². The van der Waals surface area contributed by atoms with Gasteiger partial charge < -0.3 is 10.8 Å². The molecule has 0 aromatic heterocycles. The van der Waals surface area contributed by atoms with Crippen LogP contribution in [0.2, 0.25) is 0 Å². The first-order chi connectivity index (χ1) is 7.98. The molecule has 0 radical (unpaired) electrons. The first-order valence-corrected chi connectivity index (χ1v) is 6.21. The van der Waals surface area contributed by atoms with Gasteiger partial charge in [0.15, 0.2) is 0 Å². The van der Waals surface area contributed by atoms with Crippen LogP contribution in [0.5, 0.6) is 0 Å². The Morgan fingerprint density at radius 1 is 1.41 bits per heavy atom. The molecule has 0 spiro atoms. The first-order valence-electron chi connectivity index (χ1n) is 6.21. The van der Waals surface area contributed by atoms with Crippen LogP contribution in [-0.2, 0) is 6.42 Å². The van der Waals surface area contributed by atoms with Gasteiger partial charge in [0, 0.05) is 12.5 Å². The molecule has 3 heteroatoms. The topological polar surface area (TPSA) is 46.2 Å². The lowest BCUT2D eigenvalue weighted by molar-refractivity contribution is 0.0000754. The Labute approximate surface area is 102 Å². The van der Waals surface area contributed by atoms with Gasteiger partial charge in [-0.25, -0.2) is 4.39 Å². The van der Waals surface area contributed by atoms with Gasteiger partial charge in [0.2, 0.25) is 0 Å². The van der Waals surface area contributed by atoms with Gasteiger partial charge in [-0.05, 0) is 55.9 Å². The van der Waals surface area contributed by atoms with Gasteiger partial charge in [0.25, 0.3) is 0 Å². The molecule has 2 nitrogen and oxygen atoms in total. The van der Waals surface area contributed by atoms with Crippen LogP contribution in [0, 0.1) is 12.7 Å². The van der Waals surface area contributed by atoms with Crippen LogP contribution in [0.1, 0.15) is 36.8 Å². The van der Waals surface area contributed by atoms with Crippen molar-refractivity contribution in [3.63, 3.8) is 0 Å². The monoisotopic (exact) mass is 237 g/mol. The summed E-state index contributed by atoms with van der Waals surface area (Å²) in [5.74, 6) is -0.219. The van der Waals surface area contributed by atoms with Crippen LogP contribution in [0.3, 0.4) is 0 Å². The van der Waals surface area contributed by atoms with Crippen LogP contribution in [0.15, 0.2) is 18.2 Å². The van der Waals surface area contributed by atoms with E-state index in [9.17, 15) is 9.50 Å². The van der Waals surface area contributed by atoms with Gasteiger partial charge in [-0.1, -0.05) is 6.07 Å². The molecule has 1 aromatic rings. The number of hydrogen-bond donors (Lipinski definition) is 2. The summed E-state index contributed by atoms with van der Waals surface area (Å²) in [7, 11) is 0. The van der Waals surface area contributed by atoms with Crippen LogP contribution in [0.4, 0.5) is 4.39 Å². The summed E-state index contributed by atoms with van der Waals surface area (Å²) in [6.45, 7) is 1.89. The molecule has 1 fully saturated rings. The molecule has 0 atom stereocenters. The molecule has 0 saturated heterocycles. The Kier molecular flexibility index (Phi) is 3.50. The van der Waals surface area contributed by atoms with Crippen LogP contribution >= 0.6 is 0 Å². The first kappa shape index (κ1) is 12.5. The van der Waals surface area contributed by atoms with E-state index >= 15 is 0 Å². The SMILES string of the molecule is Cc1cc(F)ccc1CC1(O)CCC(N)CC1. The summed E-state index contributed by atoms with van der Waals surface area (Å²) >= 11 is 0. The van der Waals surface area contributed by atoms with Crippen molar-refractivity contribution in [2.24, 2.45) is 5.73 Å². The molecule has 1 aromatic carbocycles. The lowest BCUT2D eigenvalue weighted by atomic mass is 9.78. The number of rotatable bonds is 2. The van der Waals surface area contributed by atoms with E-state index < -0.39 is 5.60 Å². The molecule has 0 bridgehead atoms. The highest BCUT2D eigenvalue weighted by molar-refractivity contribution is 5.28. The van der Waals surface area contributed by atoms with E-state index in [0.717, 1.165) is 36.8 Å². The molecule has 2 rings (SSSR count). The molecule has 0 unspecified atom stereocenters. The number of aliphatic hydroxyl groups is 1. The van der Waals surface area contributed by atoms with Crippen molar-refractivity contribution in [1.82, 2.24) is 0 Å². The quantitative estimate of drug-likeness (QED) is 0.829. The van der Waals surface area contributed by atoms with Gasteiger partial charge in [-0.15, -0.1) is 0 Å². The summed E-state index contributed by atoms with van der Waals surface area (Å²) in [4.78, 5) is 0. The van der Waals surface area contributed by atoms with E-state index in [-0.39, 0.29) is 11.9 Å². The van der Waals surface area contributed by atoms with E-state index in [0.29, 0.717) is 6.42 Å². The van der Waals surface area contributed by atoms with Crippen LogP contribution in [-0.4, -0.2) is 16.7 Å². The van der Waals surface area contributed by atoms with Gasteiger partial charge in [0.05, 0.1) is 5.60 Å². The van der Waals surface area contributed by atoms with Gasteiger partial charge >= 0.3 is 0 Å². The molecular weight excluding hydrogens is 217 g/mol. The average molecular weight is 237 g/mol. The molecule has 0 aliphatic heterocycles. The summed E-state index contributed by atoms with van der Waals surface area (Å²) in [5, 5.41) is 10.5. The minimum atomic E-state index is -0.654. The molecule has 0 amide bonds. The standard InChI is InChI=1S/C14H20FNO/c1-10-8-12(15)3-2-11(10)9-14(17)6-4-13(16)5-7-14/h2-3,8,13,17H,4-7,9,16H2,1H3. The molecule has 3 N–H and O–H groups in total. The summed E-state index contributed by atoms with van der Waals surface area (Å²) in [5.41, 5.74) is 7.13. The van der Waals surface area contributed by atoms with E-state index in [1.54, 1.807) is 6.07 Å². The van der Waals surface area contributed by atoms with E-state index in [4.69, 9.17) is 5.73 Å². The second-order valence-electron chi connectivity index (χ2n) is 5.31. The maximum Gasteiger partial charge on any atom is 0.123 e. The normalized spacial score (nSPS) is 29.3. The third-order valence-electron chi connectivity index (χ3n) is 3.79. The van der Waals surface area contributed by atoms with Crippen LogP contribution < -0.4 is 5.73 Å². The highest BCUT2D eigenvalue weighted by Gasteiger charge is 2.32. The number of aryl methyl sites for hydroxylation is 1. The number of halogens is 1. The molecule has 94 valence electrons. The second-order valence-corrected chi connectivity index (χ2v) is 5.31. The van der Waals surface area contributed by atoms with Crippen molar-refractivity contribution >= 4 is 0 Å². The van der Waals surface area contributed by atoms with E-state index in [1.807, 2.05) is 6.92 Å². The zero-order chi connectivity index (χ0) is 12.5. The Balaban J connectivity index is 2.09. The molecule has 1 saturated carbocycles. The Morgan fingerprint density at radius 2 is 2.06 bits per heavy atom. The van der Waals surface area contributed by atoms with Crippen molar-refractivity contribution in [3.8, 4) is 0 Å². The predicted octanol–water partition coefficient (Wildman–Crippen LogP) is 2.31. The summed E-state index contributed by atoms with van der Waals surface area (Å²) in [6.07, 6.45) is 3.83. The smallest absolute Gasteiger partial charge is 0.123 e. The fourth-order valence-electron chi connectivity index (χ4n) is 2.57. The highest BCUT2D eigenvalue weighted by Crippen LogP contribution is 2.31. The highest BCUT2D eigenvalue weighted by atomic mass is 19.1. The van der Waals surface area contributed by atoms with Crippen molar-refractivity contribution < 1.29 is 9.50 Å². The minimum Gasteiger partial charge on any atom is -0.390 e. The number of nitrogens with two attached hydrogens (primary N) is 1. The summed E-state index contributed by atoms with van der Waals surface area (Å²) < 4.78 is 13.0. The molecular formula is C14H20FNO. The fraction of sp³-hybridized carbons (Fsp3) is 0.571. The van der Waals surface area contributed by atoms with E-state index in [2.05, 4.69) is 0 Å². The lowest BCUT2D eigenvalue weighted by Crippen LogP contribution is -2.40. The maximum absolute atomic E-state index is 13.0. The minimum absolute atomic E-state index is 0.219. The zero-order valence-electron chi connectivity index (χ0n) is 10.2. The van der Waals surface area contributed by atoms with Crippen molar-refractivity contribution in [1.29, 1.82) is 0 Å². The third kappa shape index (κ3) is 3.05. The van der Waals surface area contributed by atoms with Crippen molar-refractivity contribution in [2.75, 3.05) is 0 Å². The fourth-order valence-corrected chi connectivity index (χ4v) is 2.57. The molecule has 1 aliphatic carbocycles. The lowest BCUT2D eigenvalue weighted by Gasteiger charge is -2.35. The van der Waals surface area contributed by atoms with Crippen LogP contribution in [0.25, 0.3) is 0 Å². The molecule has 1 aliphatic rings. The Bertz CT molecular complexity index is 397. The summed E-state index contributed by atoms with van der Waals surface area (Å²) in [6, 6.07) is 4.98. The maximum atomic E-state index is 13.0. The molecule has 17 heavy (non-hydrogen) atoms. The van der Waals surface area contributed by atoms with E-state index in [1.165, 1.54) is 12.1 Å². The third-order valence-corrected chi connectivity index (χ3v) is 3.79. The van der Waals surface area contributed by atoms with Crippen molar-refractivity contribution in [2.45, 2.75) is 50.7 Å². The number of benzene rings is 1. The van der Waals surface area contributed by atoms with Gasteiger partial charge in [-0.3, -0.25) is 0 Å². The number of hydrogen-bond acceptors (Lipinski definition) is 2. The predicted molar refractivity (Wildman–Crippen MR) is 66.2 cm³/mol. The Hall–Kier alpha value is -0.930. The second kappa shape index (κ2) is 4.75. The molecule has 0 heterocycles. The van der Waals surface area contributed by atoms with Crippen molar-refractivity contribution in [3.05, 3.63) is 35.1 Å². The Morgan fingerprint density at radius 3 is 2.65 bits per heavy atom.